The predicted octanol–water partition coefficient (Wildman–Crippen LogP) is 24.2. The van der Waals surface area contributed by atoms with E-state index in [9.17, 15) is 0 Å². The maximum atomic E-state index is 2.82. The first-order valence-electron chi connectivity index (χ1n) is 36.3. The van der Waals surface area contributed by atoms with E-state index in [0.29, 0.717) is 0 Å². The van der Waals surface area contributed by atoms with Gasteiger partial charge in [0, 0.05) is 66.8 Å². The summed E-state index contributed by atoms with van der Waals surface area (Å²) in [4.78, 5) is 5.57. The van der Waals surface area contributed by atoms with Crippen molar-refractivity contribution in [3.63, 3.8) is 0 Å². The van der Waals surface area contributed by atoms with Gasteiger partial charge in [0.15, 0.2) is 0 Å². The number of unbranched alkanes of at least 4 members (excludes halogenated alkanes) is 6. The van der Waals surface area contributed by atoms with E-state index in [1.807, 2.05) is 0 Å². The first kappa shape index (κ1) is 61.7. The largest absolute Gasteiger partial charge is 0.311 e. The molecule has 13 aromatic carbocycles. The van der Waals surface area contributed by atoms with Gasteiger partial charge >= 0.3 is 0 Å². The molecule has 0 amide bonds. The monoisotopic (exact) mass is 1280 g/mol. The number of anilines is 6. The van der Waals surface area contributed by atoms with Gasteiger partial charge in [-0.25, -0.2) is 0 Å². The average molecular weight is 1280 g/mol. The molecule has 15 aromatic rings. The molecule has 0 fully saturated rings. The molecular formula is C94H83BN4. The van der Waals surface area contributed by atoms with Crippen molar-refractivity contribution in [1.29, 1.82) is 0 Å². The zero-order valence-corrected chi connectivity index (χ0v) is 57.7. The molecule has 0 atom stereocenters. The lowest BCUT2D eigenvalue weighted by Crippen LogP contribution is -2.61. The smallest absolute Gasteiger partial charge is 0.252 e. The Labute approximate surface area is 584 Å². The van der Waals surface area contributed by atoms with Gasteiger partial charge in [-0.3, -0.25) is 0 Å². The fourth-order valence-corrected chi connectivity index (χ4v) is 16.6. The number of hydrogen-bond donors (Lipinski definition) is 0. The van der Waals surface area contributed by atoms with Gasteiger partial charge in [0.2, 0.25) is 0 Å². The van der Waals surface area contributed by atoms with Gasteiger partial charge in [-0.15, -0.1) is 0 Å². The molecular weight excluding hydrogens is 1200 g/mol. The maximum Gasteiger partial charge on any atom is 0.252 e. The number of aryl methyl sites for hydroxylation is 2. The predicted molar refractivity (Wildman–Crippen MR) is 425 cm³/mol. The summed E-state index contributed by atoms with van der Waals surface area (Å²) >= 11 is 0. The molecule has 2 aliphatic heterocycles. The second-order valence-electron chi connectivity index (χ2n) is 28.7. The van der Waals surface area contributed by atoms with E-state index >= 15 is 0 Å². The minimum absolute atomic E-state index is 0.173. The summed E-state index contributed by atoms with van der Waals surface area (Å²) in [6, 6.07) is 111. The molecule has 0 saturated heterocycles. The lowest BCUT2D eigenvalue weighted by Gasteiger charge is -2.46. The molecule has 0 unspecified atom stereocenters. The van der Waals surface area contributed by atoms with Crippen LogP contribution in [0, 0.1) is 0 Å². The van der Waals surface area contributed by atoms with Crippen molar-refractivity contribution in [3.05, 3.63) is 308 Å². The SMILES string of the molecule is CCCCCCc1cc(-c2ccccc2)cc(CCCCCC)c1N1c2cc(-n3c4ccccc4c4ccccc43)ccc2B2c3ccc(-n4c5ccccc5c5ccccc54)cc3N(c3c(-c4ccccc4)cc(C(C)(C)C)cc3-c3ccccc3)c3cc(-c4ccccc4)cc1c32. The van der Waals surface area contributed by atoms with Crippen LogP contribution < -0.4 is 26.2 Å². The summed E-state index contributed by atoms with van der Waals surface area (Å²) < 4.78 is 5.05. The highest BCUT2D eigenvalue weighted by Crippen LogP contribution is 2.54. The fourth-order valence-electron chi connectivity index (χ4n) is 16.6. The van der Waals surface area contributed by atoms with E-state index in [-0.39, 0.29) is 12.1 Å². The molecule has 0 saturated carbocycles. The summed E-state index contributed by atoms with van der Waals surface area (Å²) in [6.07, 6.45) is 11.3. The summed E-state index contributed by atoms with van der Waals surface area (Å²) in [5, 5.41) is 5.00. The van der Waals surface area contributed by atoms with Crippen LogP contribution in [0.25, 0.3) is 99.5 Å². The van der Waals surface area contributed by atoms with E-state index in [4.69, 9.17) is 0 Å². The summed E-state index contributed by atoms with van der Waals surface area (Å²) in [5.74, 6) is 0. The number of nitrogens with zero attached hydrogens (tertiary/aromatic N) is 4. The van der Waals surface area contributed by atoms with Crippen molar-refractivity contribution in [3.8, 4) is 55.9 Å². The summed E-state index contributed by atoms with van der Waals surface area (Å²) in [5.41, 5.74) is 31.7. The Kier molecular flexibility index (Phi) is 16.1. The number of rotatable bonds is 18. The van der Waals surface area contributed by atoms with Gasteiger partial charge in [0.1, 0.15) is 0 Å². The van der Waals surface area contributed by atoms with Crippen molar-refractivity contribution in [2.75, 3.05) is 9.80 Å². The first-order valence-corrected chi connectivity index (χ1v) is 36.3. The van der Waals surface area contributed by atoms with Crippen molar-refractivity contribution < 1.29 is 0 Å². The van der Waals surface area contributed by atoms with Crippen LogP contribution in [-0.2, 0) is 18.3 Å². The Balaban J connectivity index is 1.05. The van der Waals surface area contributed by atoms with Crippen LogP contribution in [0.2, 0.25) is 0 Å². The quantitative estimate of drug-likeness (QED) is 0.0629. The Morgan fingerprint density at radius 2 is 0.657 bits per heavy atom. The molecule has 0 radical (unpaired) electrons. The van der Waals surface area contributed by atoms with E-state index in [1.54, 1.807) is 0 Å². The van der Waals surface area contributed by atoms with Gasteiger partial charge in [0.05, 0.1) is 33.4 Å². The van der Waals surface area contributed by atoms with E-state index in [1.165, 1.54) is 182 Å². The van der Waals surface area contributed by atoms with Crippen LogP contribution >= 0.6 is 0 Å². The van der Waals surface area contributed by atoms with Crippen LogP contribution in [0.15, 0.2) is 291 Å². The molecule has 0 N–H and O–H groups in total. The number of fused-ring (bicyclic) bond motifs is 10. The number of aromatic nitrogens is 2. The molecule has 4 nitrogen and oxygen atoms in total. The third-order valence-electron chi connectivity index (χ3n) is 21.4. The van der Waals surface area contributed by atoms with Crippen LogP contribution in [-0.4, -0.2) is 15.8 Å². The maximum absolute atomic E-state index is 2.82. The third-order valence-corrected chi connectivity index (χ3v) is 21.4. The van der Waals surface area contributed by atoms with Crippen molar-refractivity contribution in [2.45, 2.75) is 104 Å². The fraction of sp³-hybridized carbons (Fsp3) is 0.170. The molecule has 0 bridgehead atoms. The highest BCUT2D eigenvalue weighted by molar-refractivity contribution is 7.00. The Morgan fingerprint density at radius 1 is 0.303 bits per heavy atom. The topological polar surface area (TPSA) is 16.3 Å². The Morgan fingerprint density at radius 3 is 1.04 bits per heavy atom. The molecule has 2 aliphatic rings. The number of hydrogen-bond acceptors (Lipinski definition) is 2. The van der Waals surface area contributed by atoms with E-state index in [2.05, 4.69) is 345 Å². The van der Waals surface area contributed by atoms with E-state index < -0.39 is 0 Å². The van der Waals surface area contributed by atoms with Gasteiger partial charge in [-0.05, 0) is 182 Å². The van der Waals surface area contributed by atoms with Gasteiger partial charge in [0.25, 0.3) is 6.71 Å². The highest BCUT2D eigenvalue weighted by Gasteiger charge is 2.46. The molecule has 5 heteroatoms. The normalized spacial score (nSPS) is 12.6. The molecule has 99 heavy (non-hydrogen) atoms. The second kappa shape index (κ2) is 25.8. The second-order valence-corrected chi connectivity index (χ2v) is 28.7. The molecule has 0 aliphatic carbocycles. The minimum atomic E-state index is -0.185. The standard InChI is InChI=1S/C94H83BN4/c1-6-8-10-16-42-68-56-70(64-34-18-12-19-35-64)57-69(43-17-11-9-7-2)92(68)98-87-62-73(96-83-48-30-26-44-75(83)76-45-27-31-49-84(76)96)52-54-81(87)95-82-55-53-74(97-85-50-32-28-46-77(85)78-47-29-33-51-86(78)97)63-88(82)99(90-59-71(58-89(98)91(90)95)65-36-20-13-21-37-65)93-79(66-38-22-14-23-39-66)60-72(94(3,4)5)61-80(93)67-40-24-15-25-41-67/h12-15,18-41,44-63H,6-11,16-17,42-43H2,1-5H3. The number of para-hydroxylation sites is 4. The van der Waals surface area contributed by atoms with E-state index in [0.717, 1.165) is 48.4 Å². The summed E-state index contributed by atoms with van der Waals surface area (Å²) in [6.45, 7) is 11.6. The zero-order chi connectivity index (χ0) is 66.7. The molecule has 4 heterocycles. The van der Waals surface area contributed by atoms with Crippen molar-refractivity contribution >= 4 is 101 Å². The Bertz CT molecular complexity index is 5320. The highest BCUT2D eigenvalue weighted by atomic mass is 15.2. The summed E-state index contributed by atoms with van der Waals surface area (Å²) in [7, 11) is 0. The molecule has 0 spiro atoms. The molecule has 2 aromatic heterocycles. The molecule has 17 rings (SSSR count). The van der Waals surface area contributed by atoms with Gasteiger partial charge in [-0.1, -0.05) is 279 Å². The average Bonchev–Trinajstić information content (AvgIpc) is 1.19. The van der Waals surface area contributed by atoms with Crippen LogP contribution in [0.1, 0.15) is 103 Å². The van der Waals surface area contributed by atoms with Crippen LogP contribution in [0.4, 0.5) is 34.1 Å². The van der Waals surface area contributed by atoms with Gasteiger partial charge < -0.3 is 18.9 Å². The van der Waals surface area contributed by atoms with Crippen molar-refractivity contribution in [1.82, 2.24) is 9.13 Å². The van der Waals surface area contributed by atoms with Crippen LogP contribution in [0.5, 0.6) is 0 Å². The minimum Gasteiger partial charge on any atom is -0.311 e. The molecule has 482 valence electrons. The van der Waals surface area contributed by atoms with Crippen LogP contribution in [0.3, 0.4) is 0 Å². The lowest BCUT2D eigenvalue weighted by molar-refractivity contribution is 0.591. The third kappa shape index (κ3) is 10.9. The Hall–Kier alpha value is -10.9. The number of benzene rings is 13. The van der Waals surface area contributed by atoms with Crippen molar-refractivity contribution in [2.24, 2.45) is 0 Å². The zero-order valence-electron chi connectivity index (χ0n) is 57.7. The first-order chi connectivity index (χ1) is 48.7. The lowest BCUT2D eigenvalue weighted by atomic mass is 9.33. The van der Waals surface area contributed by atoms with Gasteiger partial charge in [-0.2, -0.15) is 0 Å².